The van der Waals surface area contributed by atoms with Gasteiger partial charge in [0.15, 0.2) is 0 Å². The van der Waals surface area contributed by atoms with E-state index < -0.39 is 5.97 Å². The van der Waals surface area contributed by atoms with Crippen LogP contribution < -0.4 is 0 Å². The van der Waals surface area contributed by atoms with Crippen LogP contribution in [0, 0.1) is 0 Å². The molecule has 1 N–H and O–H groups in total. The van der Waals surface area contributed by atoms with E-state index in [2.05, 4.69) is 25.8 Å². The maximum Gasteiger partial charge on any atom is 0.317 e. The first kappa shape index (κ1) is 14.4. The Balaban J connectivity index is 2.49. The summed E-state index contributed by atoms with van der Waals surface area (Å²) in [5, 5.41) is 8.92. The summed E-state index contributed by atoms with van der Waals surface area (Å²) in [5.74, 6) is -0.769. The van der Waals surface area contributed by atoms with E-state index in [1.54, 1.807) is 0 Å². The molecule has 0 aromatic rings. The van der Waals surface area contributed by atoms with Gasteiger partial charge in [0.2, 0.25) is 0 Å². The summed E-state index contributed by atoms with van der Waals surface area (Å²) < 4.78 is 5.68. The Hall–Kier alpha value is -0.650. The number of rotatable bonds is 6. The number of carboxylic acid groups (broad SMARTS) is 1. The Morgan fingerprint density at radius 2 is 2.35 bits per heavy atom. The van der Waals surface area contributed by atoms with E-state index in [0.717, 1.165) is 26.1 Å². The van der Waals surface area contributed by atoms with Crippen LogP contribution in [0.1, 0.15) is 20.3 Å². The highest BCUT2D eigenvalue weighted by atomic mass is 16.5. The average molecular weight is 244 g/mol. The Kier molecular flexibility index (Phi) is 5.88. The smallest absolute Gasteiger partial charge is 0.317 e. The minimum Gasteiger partial charge on any atom is -0.480 e. The van der Waals surface area contributed by atoms with Gasteiger partial charge >= 0.3 is 5.97 Å². The zero-order valence-electron chi connectivity index (χ0n) is 11.1. The molecule has 5 nitrogen and oxygen atoms in total. The number of hydrogen-bond acceptors (Lipinski definition) is 4. The quantitative estimate of drug-likeness (QED) is 0.737. The van der Waals surface area contributed by atoms with Crippen LogP contribution in [0.2, 0.25) is 0 Å². The van der Waals surface area contributed by atoms with E-state index in [0.29, 0.717) is 6.54 Å². The summed E-state index contributed by atoms with van der Waals surface area (Å²) in [5.41, 5.74) is 0. The Morgan fingerprint density at radius 3 is 2.88 bits per heavy atom. The largest absolute Gasteiger partial charge is 0.480 e. The second-order valence-corrected chi connectivity index (χ2v) is 4.84. The number of carbonyl (C=O) groups is 1. The van der Waals surface area contributed by atoms with Crippen molar-refractivity contribution in [2.75, 3.05) is 39.8 Å². The SMILES string of the molecule is CCC(C)N(CC(=O)O)CC1CN(C)CCO1. The molecule has 100 valence electrons. The number of carboxylic acids is 1. The maximum absolute atomic E-state index is 10.8. The van der Waals surface area contributed by atoms with Gasteiger partial charge in [0.05, 0.1) is 19.3 Å². The van der Waals surface area contributed by atoms with E-state index >= 15 is 0 Å². The zero-order chi connectivity index (χ0) is 12.8. The lowest BCUT2D eigenvalue weighted by Gasteiger charge is -2.35. The topological polar surface area (TPSA) is 53.0 Å². The van der Waals surface area contributed by atoms with Gasteiger partial charge in [0.1, 0.15) is 0 Å². The van der Waals surface area contributed by atoms with E-state index in [1.165, 1.54) is 0 Å². The minimum absolute atomic E-state index is 0.0958. The zero-order valence-corrected chi connectivity index (χ0v) is 11.1. The fraction of sp³-hybridized carbons (Fsp3) is 0.917. The molecule has 1 aliphatic rings. The maximum atomic E-state index is 10.8. The van der Waals surface area contributed by atoms with Gasteiger partial charge in [-0.15, -0.1) is 0 Å². The van der Waals surface area contributed by atoms with Gasteiger partial charge in [0.25, 0.3) is 0 Å². The number of aliphatic carboxylic acids is 1. The van der Waals surface area contributed by atoms with Crippen molar-refractivity contribution in [3.63, 3.8) is 0 Å². The molecule has 2 unspecified atom stereocenters. The molecule has 0 saturated carbocycles. The van der Waals surface area contributed by atoms with Gasteiger partial charge < -0.3 is 14.7 Å². The molecule has 0 amide bonds. The number of hydrogen-bond donors (Lipinski definition) is 1. The third-order valence-corrected chi connectivity index (χ3v) is 3.33. The van der Waals surface area contributed by atoms with E-state index in [-0.39, 0.29) is 18.7 Å². The van der Waals surface area contributed by atoms with Crippen LogP contribution in [0.25, 0.3) is 0 Å². The molecular weight excluding hydrogens is 220 g/mol. The molecule has 1 heterocycles. The summed E-state index contributed by atoms with van der Waals surface area (Å²) in [4.78, 5) is 15.1. The summed E-state index contributed by atoms with van der Waals surface area (Å²) in [6.07, 6.45) is 1.08. The Morgan fingerprint density at radius 1 is 1.65 bits per heavy atom. The number of morpholine rings is 1. The molecule has 0 radical (unpaired) electrons. The Labute approximate surface area is 103 Å². The molecule has 1 aliphatic heterocycles. The van der Waals surface area contributed by atoms with Gasteiger partial charge in [-0.2, -0.15) is 0 Å². The second-order valence-electron chi connectivity index (χ2n) is 4.84. The standard InChI is InChI=1S/C12H24N2O3/c1-4-10(2)14(9-12(15)16)8-11-7-13(3)5-6-17-11/h10-11H,4-9H2,1-3H3,(H,15,16). The molecule has 0 aliphatic carbocycles. The lowest BCUT2D eigenvalue weighted by Crippen LogP contribution is -2.49. The van der Waals surface area contributed by atoms with Gasteiger partial charge in [-0.3, -0.25) is 9.69 Å². The molecule has 1 fully saturated rings. The minimum atomic E-state index is -0.769. The third kappa shape index (κ3) is 5.02. The van der Waals surface area contributed by atoms with Crippen LogP contribution >= 0.6 is 0 Å². The lowest BCUT2D eigenvalue weighted by atomic mass is 10.2. The Bertz CT molecular complexity index is 248. The van der Waals surface area contributed by atoms with Crippen molar-refractivity contribution in [3.05, 3.63) is 0 Å². The highest BCUT2D eigenvalue weighted by molar-refractivity contribution is 5.69. The van der Waals surface area contributed by atoms with Gasteiger partial charge in [-0.1, -0.05) is 6.92 Å². The molecule has 0 aromatic carbocycles. The third-order valence-electron chi connectivity index (χ3n) is 3.33. The summed E-state index contributed by atoms with van der Waals surface area (Å²) in [6, 6.07) is 0.280. The van der Waals surface area contributed by atoms with E-state index in [4.69, 9.17) is 9.84 Å². The van der Waals surface area contributed by atoms with Crippen molar-refractivity contribution >= 4 is 5.97 Å². The first-order valence-electron chi connectivity index (χ1n) is 6.29. The molecule has 5 heteroatoms. The predicted octanol–water partition coefficient (Wildman–Crippen LogP) is 0.502. The summed E-state index contributed by atoms with van der Waals surface area (Å²) in [6.45, 7) is 7.51. The van der Waals surface area contributed by atoms with Crippen LogP contribution in [0.5, 0.6) is 0 Å². The van der Waals surface area contributed by atoms with Crippen molar-refractivity contribution in [1.82, 2.24) is 9.80 Å². The second kappa shape index (κ2) is 6.93. The normalized spacial score (nSPS) is 23.9. The molecule has 17 heavy (non-hydrogen) atoms. The fourth-order valence-corrected chi connectivity index (χ4v) is 2.07. The van der Waals surface area contributed by atoms with Crippen molar-refractivity contribution < 1.29 is 14.6 Å². The van der Waals surface area contributed by atoms with Crippen LogP contribution in [-0.2, 0) is 9.53 Å². The van der Waals surface area contributed by atoms with Crippen molar-refractivity contribution in [1.29, 1.82) is 0 Å². The molecule has 0 bridgehead atoms. The number of likely N-dealkylation sites (N-methyl/N-ethyl adjacent to an activating group) is 1. The number of ether oxygens (including phenoxy) is 1. The van der Waals surface area contributed by atoms with E-state index in [9.17, 15) is 4.79 Å². The van der Waals surface area contributed by atoms with Crippen LogP contribution in [-0.4, -0.2) is 72.9 Å². The van der Waals surface area contributed by atoms with Crippen molar-refractivity contribution in [2.24, 2.45) is 0 Å². The van der Waals surface area contributed by atoms with Gasteiger partial charge in [-0.25, -0.2) is 0 Å². The molecule has 2 atom stereocenters. The monoisotopic (exact) mass is 244 g/mol. The first-order chi connectivity index (χ1) is 8.02. The van der Waals surface area contributed by atoms with Gasteiger partial charge in [0, 0.05) is 25.7 Å². The first-order valence-corrected chi connectivity index (χ1v) is 6.29. The molecular formula is C12H24N2O3. The predicted molar refractivity (Wildman–Crippen MR) is 66.2 cm³/mol. The lowest BCUT2D eigenvalue weighted by molar-refractivity contribution is -0.139. The summed E-state index contributed by atoms with van der Waals surface area (Å²) in [7, 11) is 2.07. The molecule has 0 aromatic heterocycles. The number of nitrogens with zero attached hydrogens (tertiary/aromatic N) is 2. The molecule has 0 spiro atoms. The van der Waals surface area contributed by atoms with Crippen LogP contribution in [0.15, 0.2) is 0 Å². The fourth-order valence-electron chi connectivity index (χ4n) is 2.07. The van der Waals surface area contributed by atoms with Gasteiger partial charge in [-0.05, 0) is 20.4 Å². The average Bonchev–Trinajstić information content (AvgIpc) is 2.26. The van der Waals surface area contributed by atoms with Crippen molar-refractivity contribution in [2.45, 2.75) is 32.4 Å². The summed E-state index contributed by atoms with van der Waals surface area (Å²) >= 11 is 0. The highest BCUT2D eigenvalue weighted by Gasteiger charge is 2.24. The van der Waals surface area contributed by atoms with Crippen LogP contribution in [0.3, 0.4) is 0 Å². The highest BCUT2D eigenvalue weighted by Crippen LogP contribution is 2.09. The van der Waals surface area contributed by atoms with Crippen molar-refractivity contribution in [3.8, 4) is 0 Å². The molecule has 1 saturated heterocycles. The molecule has 1 rings (SSSR count). The van der Waals surface area contributed by atoms with E-state index in [1.807, 2.05) is 4.90 Å². The van der Waals surface area contributed by atoms with Crippen LogP contribution in [0.4, 0.5) is 0 Å².